The van der Waals surface area contributed by atoms with E-state index < -0.39 is 0 Å². The number of fused-ring (bicyclic) bond motifs is 3. The van der Waals surface area contributed by atoms with Crippen LogP contribution in [0.2, 0.25) is 0 Å². The molecule has 1 saturated carbocycles. The molecule has 18 rings (SSSR count). The van der Waals surface area contributed by atoms with Gasteiger partial charge in [-0.3, -0.25) is 4.79 Å². The smallest absolute Gasteiger partial charge is 0.305 e. The number of benzene rings is 9. The average molecular weight is 711 g/mol. The summed E-state index contributed by atoms with van der Waals surface area (Å²) in [6, 6.07) is 28.8. The molecule has 2 unspecified atom stereocenters. The summed E-state index contributed by atoms with van der Waals surface area (Å²) in [5.74, 6) is 0.742. The fraction of sp³-hybridized carbons (Fsp3) is 0.151. The number of rotatable bonds is 6. The van der Waals surface area contributed by atoms with E-state index in [1.54, 1.807) is 18.2 Å². The summed E-state index contributed by atoms with van der Waals surface area (Å²) in [5.41, 5.74) is 6.48. The highest BCUT2D eigenvalue weighted by molar-refractivity contribution is 6.64. The number of hydrogen-bond donors (Lipinski definition) is 0. The van der Waals surface area contributed by atoms with Crippen molar-refractivity contribution in [3.05, 3.63) is 112 Å². The number of allylic oxidation sites excluding steroid dienone is 2. The Hall–Kier alpha value is -6.45. The quantitative estimate of drug-likeness (QED) is 0.127. The van der Waals surface area contributed by atoms with E-state index in [2.05, 4.69) is 84.9 Å². The predicted molar refractivity (Wildman–Crippen MR) is 228 cm³/mol. The number of carbonyl (C=O) groups is 1. The maximum Gasteiger partial charge on any atom is 0.305 e. The van der Waals surface area contributed by atoms with Crippen molar-refractivity contribution in [3.63, 3.8) is 0 Å². The molecule has 256 valence electrons. The third-order valence-corrected chi connectivity index (χ3v) is 17.3. The van der Waals surface area contributed by atoms with Gasteiger partial charge in [0.05, 0.1) is 14.2 Å². The summed E-state index contributed by atoms with van der Waals surface area (Å²) < 4.78 is 11.1. The Balaban J connectivity index is 1.21. The Labute approximate surface area is 316 Å². The second-order valence-corrected chi connectivity index (χ2v) is 18.1. The van der Waals surface area contributed by atoms with Crippen molar-refractivity contribution < 1.29 is 14.3 Å². The summed E-state index contributed by atoms with van der Waals surface area (Å²) in [4.78, 5) is 13.0. The normalized spacial score (nSPS) is 24.2. The lowest BCUT2D eigenvalue weighted by Gasteiger charge is -2.32. The molecular formula is C53H26O3. The molecule has 1 fully saturated rings. The summed E-state index contributed by atoms with van der Waals surface area (Å²) in [5, 5.41) is 35.4. The van der Waals surface area contributed by atoms with Gasteiger partial charge in [-0.1, -0.05) is 72.8 Å². The monoisotopic (exact) mass is 710 g/mol. The lowest BCUT2D eigenvalue weighted by atomic mass is 9.68. The van der Waals surface area contributed by atoms with E-state index in [0.717, 1.165) is 18.6 Å². The Morgan fingerprint density at radius 1 is 0.482 bits per heavy atom. The van der Waals surface area contributed by atoms with Crippen LogP contribution in [-0.4, -0.2) is 20.2 Å². The van der Waals surface area contributed by atoms with Gasteiger partial charge >= 0.3 is 5.97 Å². The molecule has 5 aliphatic carbocycles. The second kappa shape index (κ2) is 7.19. The van der Waals surface area contributed by atoms with Gasteiger partial charge in [0.15, 0.2) is 0 Å². The minimum atomic E-state index is -0.338. The molecule has 3 heteroatoms. The van der Waals surface area contributed by atoms with Crippen LogP contribution in [0.25, 0.3) is 130 Å². The van der Waals surface area contributed by atoms with E-state index >= 15 is 0 Å². The van der Waals surface area contributed by atoms with Crippen molar-refractivity contribution >= 4 is 136 Å². The van der Waals surface area contributed by atoms with Crippen LogP contribution in [0.15, 0.2) is 84.9 Å². The van der Waals surface area contributed by atoms with Gasteiger partial charge < -0.3 is 9.47 Å². The number of methoxy groups -OCH3 is 2. The SMILES string of the molecule is COC(=O)CCCC1(c2ccc(OC)cc2)C23C4=c5ccc6c7ccc8c9ccc%10c%11ccc%12c%13c(c%14c%15c2c5c6c2c7c8c5c9c%10c(c%13%11)c%14c5c%152)C13C=%12C=C4. The minimum absolute atomic E-state index is 0.131. The standard InChI is InChI=1S/C53H26O3/c1-55-21-7-5-20(6-8-21)51(19-3-4-32(54)56-2)52-30-17-18-31-29-16-14-27-25-12-10-23-22-9-11-24-26-13-15-28(30)39-37(26)42-35(24)33(22)41-34(23)36(25)43-38(27)40(29)50(53(31,51)52)48-46(43)44(41)45(42)47(48)49(39)52/h5-18H,3-4,19H2,1-2H3. The lowest BCUT2D eigenvalue weighted by molar-refractivity contribution is -0.140. The maximum atomic E-state index is 13.0. The molecule has 0 bridgehead atoms. The summed E-state index contributed by atoms with van der Waals surface area (Å²) >= 11 is 0. The Bertz CT molecular complexity index is 4040. The summed E-state index contributed by atoms with van der Waals surface area (Å²) in [6.45, 7) is 0. The molecule has 13 aromatic carbocycles. The fourth-order valence-corrected chi connectivity index (χ4v) is 16.3. The molecule has 0 radical (unpaired) electrons. The first kappa shape index (κ1) is 26.4. The van der Waals surface area contributed by atoms with Crippen LogP contribution in [-0.2, 0) is 25.8 Å². The number of hydrogen-bond acceptors (Lipinski definition) is 3. The molecule has 0 aliphatic heterocycles. The van der Waals surface area contributed by atoms with Gasteiger partial charge in [-0.25, -0.2) is 0 Å². The minimum Gasteiger partial charge on any atom is -0.497 e. The van der Waals surface area contributed by atoms with Crippen LogP contribution in [0, 0.1) is 0 Å². The van der Waals surface area contributed by atoms with E-state index in [0.29, 0.717) is 6.42 Å². The van der Waals surface area contributed by atoms with Gasteiger partial charge in [-0.05, 0) is 182 Å². The van der Waals surface area contributed by atoms with Gasteiger partial charge in [0, 0.05) is 22.7 Å². The van der Waals surface area contributed by atoms with Gasteiger partial charge in [-0.2, -0.15) is 0 Å². The van der Waals surface area contributed by atoms with Crippen LogP contribution in [0.1, 0.15) is 36.0 Å². The molecule has 0 aromatic heterocycles. The molecule has 3 nitrogen and oxygen atoms in total. The van der Waals surface area contributed by atoms with Gasteiger partial charge in [0.2, 0.25) is 0 Å². The highest BCUT2D eigenvalue weighted by Gasteiger charge is 2.93. The Morgan fingerprint density at radius 2 is 0.893 bits per heavy atom. The van der Waals surface area contributed by atoms with Crippen LogP contribution < -0.4 is 15.2 Å². The first-order valence-corrected chi connectivity index (χ1v) is 20.3. The average Bonchev–Trinajstić information content (AvgIpc) is 3.88. The maximum absolute atomic E-state index is 13.0. The molecule has 0 N–H and O–H groups in total. The van der Waals surface area contributed by atoms with Crippen molar-refractivity contribution in [2.24, 2.45) is 0 Å². The van der Waals surface area contributed by atoms with Crippen molar-refractivity contribution in [3.8, 4) is 5.75 Å². The number of esters is 1. The summed E-state index contributed by atoms with van der Waals surface area (Å²) in [6.07, 6.45) is 7.11. The zero-order chi connectivity index (χ0) is 35.8. The van der Waals surface area contributed by atoms with E-state index in [9.17, 15) is 4.79 Å². The third-order valence-electron chi connectivity index (χ3n) is 17.3. The van der Waals surface area contributed by atoms with Crippen LogP contribution in [0.4, 0.5) is 0 Å². The largest absolute Gasteiger partial charge is 0.497 e. The van der Waals surface area contributed by atoms with Gasteiger partial charge in [0.25, 0.3) is 0 Å². The summed E-state index contributed by atoms with van der Waals surface area (Å²) in [7, 11) is 3.29. The topological polar surface area (TPSA) is 35.5 Å². The molecule has 13 aromatic rings. The molecule has 2 atom stereocenters. The van der Waals surface area contributed by atoms with Crippen molar-refractivity contribution in [1.29, 1.82) is 0 Å². The molecule has 0 heterocycles. The van der Waals surface area contributed by atoms with Crippen molar-refractivity contribution in [2.45, 2.75) is 35.5 Å². The molecule has 0 saturated heterocycles. The molecular weight excluding hydrogens is 685 g/mol. The highest BCUT2D eigenvalue weighted by Crippen LogP contribution is 2.92. The van der Waals surface area contributed by atoms with Crippen molar-refractivity contribution in [2.75, 3.05) is 14.2 Å². The van der Waals surface area contributed by atoms with E-state index in [1.807, 2.05) is 0 Å². The fourth-order valence-electron chi connectivity index (χ4n) is 16.3. The van der Waals surface area contributed by atoms with E-state index in [1.165, 1.54) is 153 Å². The number of ether oxygens (including phenoxy) is 2. The van der Waals surface area contributed by atoms with Gasteiger partial charge in [-0.15, -0.1) is 0 Å². The lowest BCUT2D eigenvalue weighted by Crippen LogP contribution is -2.27. The molecule has 0 amide bonds. The molecule has 56 heavy (non-hydrogen) atoms. The van der Waals surface area contributed by atoms with Crippen LogP contribution in [0.3, 0.4) is 0 Å². The first-order valence-electron chi connectivity index (χ1n) is 20.3. The predicted octanol–water partition coefficient (Wildman–Crippen LogP) is 10.6. The van der Waals surface area contributed by atoms with Gasteiger partial charge in [0.1, 0.15) is 5.75 Å². The Morgan fingerprint density at radius 3 is 1.34 bits per heavy atom. The highest BCUT2D eigenvalue weighted by atomic mass is 16.5. The zero-order valence-electron chi connectivity index (χ0n) is 30.4. The zero-order valence-corrected chi connectivity index (χ0v) is 30.4. The van der Waals surface area contributed by atoms with Crippen LogP contribution in [0.5, 0.6) is 5.75 Å². The van der Waals surface area contributed by atoms with Crippen LogP contribution >= 0.6 is 0 Å². The third kappa shape index (κ3) is 1.87. The number of carbonyl (C=O) groups excluding carboxylic acids is 1. The van der Waals surface area contributed by atoms with Crippen molar-refractivity contribution in [1.82, 2.24) is 0 Å². The molecule has 2 spiro atoms. The second-order valence-electron chi connectivity index (χ2n) is 18.1. The Kier molecular flexibility index (Phi) is 3.39. The van der Waals surface area contributed by atoms with E-state index in [4.69, 9.17) is 9.47 Å². The molecule has 5 aliphatic rings. The first-order chi connectivity index (χ1) is 27.6. The van der Waals surface area contributed by atoms with E-state index in [-0.39, 0.29) is 22.2 Å².